The molecule has 1 aliphatic rings. The lowest BCUT2D eigenvalue weighted by molar-refractivity contribution is -0.00254. The van der Waals surface area contributed by atoms with Crippen molar-refractivity contribution < 1.29 is 4.74 Å². The van der Waals surface area contributed by atoms with Gasteiger partial charge in [-0.25, -0.2) is 0 Å². The first-order valence-corrected chi connectivity index (χ1v) is 8.80. The average molecular weight is 302 g/mol. The second-order valence-electron chi connectivity index (χ2n) is 5.35. The Morgan fingerprint density at radius 1 is 1.30 bits per heavy atom. The van der Waals surface area contributed by atoms with Gasteiger partial charge in [-0.05, 0) is 40.1 Å². The van der Waals surface area contributed by atoms with Crippen molar-refractivity contribution in [1.82, 2.24) is 15.5 Å². The number of guanidine groups is 1. The number of likely N-dealkylation sites (N-methyl/N-ethyl adjacent to an activating group) is 1. The number of hydrogen-bond donors (Lipinski definition) is 2. The van der Waals surface area contributed by atoms with Gasteiger partial charge in [-0.2, -0.15) is 11.8 Å². The lowest BCUT2D eigenvalue weighted by Gasteiger charge is -2.41. The fourth-order valence-electron chi connectivity index (χ4n) is 2.34. The summed E-state index contributed by atoms with van der Waals surface area (Å²) < 4.78 is 5.50. The molecule has 1 aliphatic heterocycles. The minimum absolute atomic E-state index is 0.139. The molecule has 1 fully saturated rings. The molecule has 0 aromatic heterocycles. The molecule has 20 heavy (non-hydrogen) atoms. The minimum Gasteiger partial charge on any atom is -0.381 e. The molecule has 0 unspecified atom stereocenters. The van der Waals surface area contributed by atoms with Gasteiger partial charge in [0.25, 0.3) is 0 Å². The first-order chi connectivity index (χ1) is 9.64. The number of hydrogen-bond acceptors (Lipinski definition) is 4. The third-order valence-corrected chi connectivity index (χ3v) is 4.46. The van der Waals surface area contributed by atoms with E-state index in [1.165, 1.54) is 0 Å². The third-order valence-electron chi connectivity index (χ3n) is 3.85. The number of rotatable bonds is 7. The Hall–Kier alpha value is -0.460. The van der Waals surface area contributed by atoms with Crippen molar-refractivity contribution in [2.45, 2.75) is 25.3 Å². The zero-order valence-corrected chi connectivity index (χ0v) is 14.2. The summed E-state index contributed by atoms with van der Waals surface area (Å²) in [5, 5.41) is 6.70. The predicted octanol–water partition coefficient (Wildman–Crippen LogP) is 1.02. The Labute approximate surface area is 127 Å². The fraction of sp³-hybridized carbons (Fsp3) is 0.929. The summed E-state index contributed by atoms with van der Waals surface area (Å²) >= 11 is 1.84. The molecule has 1 saturated heterocycles. The molecule has 0 amide bonds. The van der Waals surface area contributed by atoms with Crippen LogP contribution in [0.3, 0.4) is 0 Å². The molecular weight excluding hydrogens is 272 g/mol. The van der Waals surface area contributed by atoms with Crippen molar-refractivity contribution in [3.63, 3.8) is 0 Å². The maximum absolute atomic E-state index is 5.50. The van der Waals surface area contributed by atoms with Crippen molar-refractivity contribution in [3.05, 3.63) is 0 Å². The summed E-state index contributed by atoms with van der Waals surface area (Å²) in [4.78, 5) is 7.10. The number of nitrogens with one attached hydrogen (secondary N) is 2. The van der Waals surface area contributed by atoms with Gasteiger partial charge in [0, 0.05) is 37.6 Å². The van der Waals surface area contributed by atoms with E-state index < -0.39 is 0 Å². The van der Waals surface area contributed by atoms with E-state index >= 15 is 0 Å². The summed E-state index contributed by atoms with van der Waals surface area (Å²) in [6.45, 7) is 6.43. The van der Waals surface area contributed by atoms with Crippen LogP contribution in [-0.2, 0) is 4.74 Å². The molecule has 0 aliphatic carbocycles. The van der Waals surface area contributed by atoms with E-state index in [0.29, 0.717) is 0 Å². The van der Waals surface area contributed by atoms with E-state index in [0.717, 1.165) is 57.4 Å². The fourth-order valence-corrected chi connectivity index (χ4v) is 2.64. The highest BCUT2D eigenvalue weighted by Gasteiger charge is 2.34. The predicted molar refractivity (Wildman–Crippen MR) is 88.8 cm³/mol. The number of nitrogens with zero attached hydrogens (tertiary/aromatic N) is 2. The SMILES string of the molecule is CCNC(=NCC1(N(C)C)CCOCC1)NCCSC. The normalized spacial score (nSPS) is 19.1. The second kappa shape index (κ2) is 9.47. The summed E-state index contributed by atoms with van der Waals surface area (Å²) in [6, 6.07) is 0. The third kappa shape index (κ3) is 5.50. The van der Waals surface area contributed by atoms with Crippen LogP contribution in [0.1, 0.15) is 19.8 Å². The van der Waals surface area contributed by atoms with Gasteiger partial charge in [0.05, 0.1) is 6.54 Å². The molecule has 2 N–H and O–H groups in total. The van der Waals surface area contributed by atoms with Gasteiger partial charge < -0.3 is 20.3 Å². The van der Waals surface area contributed by atoms with Gasteiger partial charge in [-0.3, -0.25) is 4.99 Å². The minimum atomic E-state index is 0.139. The smallest absolute Gasteiger partial charge is 0.191 e. The van der Waals surface area contributed by atoms with Gasteiger partial charge in [0.2, 0.25) is 0 Å². The lowest BCUT2D eigenvalue weighted by Crippen LogP contribution is -2.51. The highest BCUT2D eigenvalue weighted by molar-refractivity contribution is 7.98. The number of aliphatic imine (C=N–C) groups is 1. The quantitative estimate of drug-likeness (QED) is 0.418. The van der Waals surface area contributed by atoms with E-state index in [4.69, 9.17) is 9.73 Å². The lowest BCUT2D eigenvalue weighted by atomic mass is 9.89. The van der Waals surface area contributed by atoms with Gasteiger partial charge >= 0.3 is 0 Å². The zero-order valence-electron chi connectivity index (χ0n) is 13.4. The van der Waals surface area contributed by atoms with E-state index in [1.54, 1.807) is 0 Å². The summed E-state index contributed by atoms with van der Waals surface area (Å²) in [6.07, 6.45) is 4.22. The molecule has 1 rings (SSSR count). The van der Waals surface area contributed by atoms with Crippen LogP contribution >= 0.6 is 11.8 Å². The van der Waals surface area contributed by atoms with Crippen molar-refractivity contribution in [2.24, 2.45) is 4.99 Å². The molecule has 118 valence electrons. The summed E-state index contributed by atoms with van der Waals surface area (Å²) in [5.74, 6) is 2.02. The van der Waals surface area contributed by atoms with Crippen LogP contribution < -0.4 is 10.6 Å². The zero-order chi connectivity index (χ0) is 14.8. The first-order valence-electron chi connectivity index (χ1n) is 7.41. The summed E-state index contributed by atoms with van der Waals surface area (Å²) in [5.41, 5.74) is 0.139. The number of ether oxygens (including phenoxy) is 1. The highest BCUT2D eigenvalue weighted by atomic mass is 32.2. The molecule has 0 aromatic carbocycles. The molecule has 0 spiro atoms. The molecule has 0 aromatic rings. The molecular formula is C14H30N4OS. The van der Waals surface area contributed by atoms with E-state index in [9.17, 15) is 0 Å². The van der Waals surface area contributed by atoms with Crippen LogP contribution in [0.15, 0.2) is 4.99 Å². The van der Waals surface area contributed by atoms with Gasteiger partial charge in [0.15, 0.2) is 5.96 Å². The molecule has 0 saturated carbocycles. The molecule has 1 heterocycles. The van der Waals surface area contributed by atoms with Crippen LogP contribution in [0.5, 0.6) is 0 Å². The van der Waals surface area contributed by atoms with Crippen molar-refractivity contribution >= 4 is 17.7 Å². The Kier molecular flexibility index (Phi) is 8.33. The average Bonchev–Trinajstić information content (AvgIpc) is 2.46. The van der Waals surface area contributed by atoms with Crippen LogP contribution in [0, 0.1) is 0 Å². The van der Waals surface area contributed by atoms with Crippen molar-refractivity contribution in [2.75, 3.05) is 59.0 Å². The van der Waals surface area contributed by atoms with E-state index in [1.807, 2.05) is 11.8 Å². The summed E-state index contributed by atoms with van der Waals surface area (Å²) in [7, 11) is 4.30. The first kappa shape index (κ1) is 17.6. The van der Waals surface area contributed by atoms with Crippen LogP contribution in [0.2, 0.25) is 0 Å². The van der Waals surface area contributed by atoms with Crippen LogP contribution in [0.4, 0.5) is 0 Å². The molecule has 6 heteroatoms. The second-order valence-corrected chi connectivity index (χ2v) is 6.33. The maximum atomic E-state index is 5.50. The maximum Gasteiger partial charge on any atom is 0.191 e. The van der Waals surface area contributed by atoms with Crippen LogP contribution in [0.25, 0.3) is 0 Å². The Morgan fingerprint density at radius 2 is 2.00 bits per heavy atom. The molecule has 5 nitrogen and oxygen atoms in total. The molecule has 0 bridgehead atoms. The largest absolute Gasteiger partial charge is 0.381 e. The highest BCUT2D eigenvalue weighted by Crippen LogP contribution is 2.26. The Balaban J connectivity index is 2.61. The Morgan fingerprint density at radius 3 is 2.55 bits per heavy atom. The van der Waals surface area contributed by atoms with Gasteiger partial charge in [0.1, 0.15) is 0 Å². The van der Waals surface area contributed by atoms with E-state index in [-0.39, 0.29) is 5.54 Å². The van der Waals surface area contributed by atoms with Crippen LogP contribution in [-0.4, -0.2) is 75.4 Å². The van der Waals surface area contributed by atoms with Crippen molar-refractivity contribution in [1.29, 1.82) is 0 Å². The monoisotopic (exact) mass is 302 g/mol. The van der Waals surface area contributed by atoms with Gasteiger partial charge in [-0.15, -0.1) is 0 Å². The van der Waals surface area contributed by atoms with E-state index in [2.05, 4.69) is 42.8 Å². The molecule has 0 radical (unpaired) electrons. The Bertz CT molecular complexity index is 291. The topological polar surface area (TPSA) is 48.9 Å². The molecule has 0 atom stereocenters. The standard InChI is InChI=1S/C14H30N4OS/c1-5-15-13(16-8-11-20-4)17-12-14(18(2)3)6-9-19-10-7-14/h5-12H2,1-4H3,(H2,15,16,17). The number of thioether (sulfide) groups is 1. The van der Waals surface area contributed by atoms with Crippen molar-refractivity contribution in [3.8, 4) is 0 Å². The van der Waals surface area contributed by atoms with Gasteiger partial charge in [-0.1, -0.05) is 0 Å².